The highest BCUT2D eigenvalue weighted by molar-refractivity contribution is 7.89. The van der Waals surface area contributed by atoms with Crippen molar-refractivity contribution in [1.29, 1.82) is 0 Å². The second-order valence-corrected chi connectivity index (χ2v) is 8.91. The van der Waals surface area contributed by atoms with Crippen LogP contribution in [-0.4, -0.2) is 29.9 Å². The van der Waals surface area contributed by atoms with E-state index in [4.69, 9.17) is 10.1 Å². The van der Waals surface area contributed by atoms with Gasteiger partial charge in [0.15, 0.2) is 0 Å². The lowest BCUT2D eigenvalue weighted by molar-refractivity contribution is 0.598. The van der Waals surface area contributed by atoms with Crippen molar-refractivity contribution in [3.8, 4) is 11.1 Å². The van der Waals surface area contributed by atoms with E-state index >= 15 is 0 Å². The number of hydrogen-bond donors (Lipinski definition) is 3. The first-order valence-electron chi connectivity index (χ1n) is 10.3. The highest BCUT2D eigenvalue weighted by Gasteiger charge is 2.10. The molecule has 4 rings (SSSR count). The quantitative estimate of drug-likeness (QED) is 0.344. The minimum Gasteiger partial charge on any atom is -0.370 e. The first-order chi connectivity index (χ1) is 15.4. The van der Waals surface area contributed by atoms with Gasteiger partial charge in [-0.05, 0) is 42.8 Å². The normalized spacial score (nSPS) is 11.4. The predicted octanol–water partition coefficient (Wildman–Crippen LogP) is 4.29. The van der Waals surface area contributed by atoms with Crippen LogP contribution < -0.4 is 15.8 Å². The molecule has 4 aromatic rings. The summed E-state index contributed by atoms with van der Waals surface area (Å²) in [5.74, 6) is 1.25. The van der Waals surface area contributed by atoms with Crippen molar-refractivity contribution < 1.29 is 8.42 Å². The lowest BCUT2D eigenvalue weighted by Crippen LogP contribution is -2.11. The van der Waals surface area contributed by atoms with E-state index in [1.165, 1.54) is 12.1 Å². The fourth-order valence-corrected chi connectivity index (χ4v) is 3.77. The third kappa shape index (κ3) is 5.01. The molecule has 0 saturated heterocycles. The molecular weight excluding hydrogens is 424 g/mol. The molecule has 0 aliphatic heterocycles. The summed E-state index contributed by atoms with van der Waals surface area (Å²) in [6.07, 6.45) is 5.82. The van der Waals surface area contributed by atoms with Gasteiger partial charge in [0.2, 0.25) is 16.0 Å². The van der Waals surface area contributed by atoms with E-state index in [1.807, 2.05) is 36.5 Å². The van der Waals surface area contributed by atoms with Crippen molar-refractivity contribution >= 4 is 38.4 Å². The second kappa shape index (κ2) is 9.29. The number of aromatic nitrogens is 3. The molecule has 8 nitrogen and oxygen atoms in total. The molecular formula is C23H24N6O2S. The number of nitrogens with one attached hydrogen (secondary N) is 2. The van der Waals surface area contributed by atoms with Crippen molar-refractivity contribution in [3.05, 3.63) is 67.0 Å². The molecule has 0 aliphatic rings. The van der Waals surface area contributed by atoms with E-state index in [2.05, 4.69) is 27.5 Å². The number of fused-ring (bicyclic) bond motifs is 1. The molecule has 32 heavy (non-hydrogen) atoms. The van der Waals surface area contributed by atoms with Crippen molar-refractivity contribution in [3.63, 3.8) is 0 Å². The topological polar surface area (TPSA) is 123 Å². The first kappa shape index (κ1) is 21.7. The Kier molecular flexibility index (Phi) is 6.29. The van der Waals surface area contributed by atoms with Gasteiger partial charge < -0.3 is 10.6 Å². The van der Waals surface area contributed by atoms with Crippen LogP contribution in [0.2, 0.25) is 0 Å². The van der Waals surface area contributed by atoms with E-state index in [9.17, 15) is 8.42 Å². The molecule has 0 fully saturated rings. The van der Waals surface area contributed by atoms with Gasteiger partial charge in [-0.15, -0.1) is 0 Å². The molecule has 0 aliphatic carbocycles. The number of sulfonamides is 1. The van der Waals surface area contributed by atoms with Crippen LogP contribution in [0.15, 0.2) is 71.9 Å². The Labute approximate surface area is 187 Å². The molecule has 0 amide bonds. The molecule has 4 N–H and O–H groups in total. The van der Waals surface area contributed by atoms with Crippen LogP contribution in [-0.2, 0) is 10.0 Å². The third-order valence-electron chi connectivity index (χ3n) is 4.96. The van der Waals surface area contributed by atoms with E-state index in [0.29, 0.717) is 11.6 Å². The zero-order chi connectivity index (χ0) is 22.6. The van der Waals surface area contributed by atoms with Gasteiger partial charge in [0.05, 0.1) is 10.4 Å². The van der Waals surface area contributed by atoms with Crippen molar-refractivity contribution in [2.24, 2.45) is 5.14 Å². The lowest BCUT2D eigenvalue weighted by Gasteiger charge is -2.10. The molecule has 0 bridgehead atoms. The lowest BCUT2D eigenvalue weighted by atomic mass is 10.0. The van der Waals surface area contributed by atoms with E-state index in [0.717, 1.165) is 47.2 Å². The number of primary sulfonamides is 1. The van der Waals surface area contributed by atoms with Gasteiger partial charge in [0.1, 0.15) is 5.82 Å². The Morgan fingerprint density at radius 2 is 1.78 bits per heavy atom. The average Bonchev–Trinajstić information content (AvgIpc) is 2.79. The smallest absolute Gasteiger partial charge is 0.238 e. The molecule has 2 heterocycles. The standard InChI is InChI=1S/C23H24N6O2S/c1-2-3-13-25-21-12-7-16(14-26-21)20-6-4-5-17-15-27-23(29-22(17)20)28-18-8-10-19(11-9-18)32(24,30)31/h4-12,14-15H,2-3,13H2,1H3,(H,25,26)(H2,24,30,31)(H,27,28,29). The maximum Gasteiger partial charge on any atom is 0.238 e. The molecule has 2 aromatic carbocycles. The fourth-order valence-electron chi connectivity index (χ4n) is 3.26. The summed E-state index contributed by atoms with van der Waals surface area (Å²) >= 11 is 0. The van der Waals surface area contributed by atoms with Gasteiger partial charge in [-0.2, -0.15) is 0 Å². The number of pyridine rings is 1. The average molecular weight is 449 g/mol. The van der Waals surface area contributed by atoms with Gasteiger partial charge >= 0.3 is 0 Å². The Morgan fingerprint density at radius 1 is 0.969 bits per heavy atom. The molecule has 0 radical (unpaired) electrons. The summed E-state index contributed by atoms with van der Waals surface area (Å²) in [6, 6.07) is 16.0. The summed E-state index contributed by atoms with van der Waals surface area (Å²) in [5, 5.41) is 12.5. The fraction of sp³-hybridized carbons (Fsp3) is 0.174. The molecule has 0 spiro atoms. The molecule has 164 valence electrons. The minimum atomic E-state index is -3.74. The van der Waals surface area contributed by atoms with Gasteiger partial charge in [-0.25, -0.2) is 28.5 Å². The summed E-state index contributed by atoms with van der Waals surface area (Å²) in [4.78, 5) is 13.6. The zero-order valence-electron chi connectivity index (χ0n) is 17.6. The number of nitrogens with zero attached hydrogens (tertiary/aromatic N) is 3. The number of rotatable bonds is 8. The van der Waals surface area contributed by atoms with Crippen molar-refractivity contribution in [2.75, 3.05) is 17.2 Å². The summed E-state index contributed by atoms with van der Waals surface area (Å²) in [6.45, 7) is 3.06. The Bertz CT molecular complexity index is 1320. The van der Waals surface area contributed by atoms with Gasteiger partial charge in [-0.1, -0.05) is 31.5 Å². The number of hydrogen-bond acceptors (Lipinski definition) is 7. The van der Waals surface area contributed by atoms with Crippen LogP contribution in [0, 0.1) is 0 Å². The Hall–Kier alpha value is -3.56. The highest BCUT2D eigenvalue weighted by atomic mass is 32.2. The van der Waals surface area contributed by atoms with Crippen LogP contribution in [0.5, 0.6) is 0 Å². The summed E-state index contributed by atoms with van der Waals surface area (Å²) < 4.78 is 22.9. The van der Waals surface area contributed by atoms with Gasteiger partial charge in [0.25, 0.3) is 0 Å². The number of benzene rings is 2. The van der Waals surface area contributed by atoms with Crippen LogP contribution in [0.4, 0.5) is 17.5 Å². The SMILES string of the molecule is CCCCNc1ccc(-c2cccc3cnc(Nc4ccc(S(N)(=O)=O)cc4)nc23)cn1. The van der Waals surface area contributed by atoms with Gasteiger partial charge in [-0.3, -0.25) is 0 Å². The molecule has 2 aromatic heterocycles. The number of nitrogens with two attached hydrogens (primary N) is 1. The molecule has 0 saturated carbocycles. The van der Waals surface area contributed by atoms with Crippen molar-refractivity contribution in [2.45, 2.75) is 24.7 Å². The number of anilines is 3. The monoisotopic (exact) mass is 448 g/mol. The predicted molar refractivity (Wildman–Crippen MR) is 127 cm³/mol. The third-order valence-corrected chi connectivity index (χ3v) is 5.89. The van der Waals surface area contributed by atoms with Crippen LogP contribution in [0.25, 0.3) is 22.0 Å². The number of para-hydroxylation sites is 1. The maximum atomic E-state index is 11.4. The zero-order valence-corrected chi connectivity index (χ0v) is 18.4. The minimum absolute atomic E-state index is 0.0462. The molecule has 9 heteroatoms. The van der Waals surface area contributed by atoms with Crippen LogP contribution >= 0.6 is 0 Å². The molecule has 0 atom stereocenters. The molecule has 0 unspecified atom stereocenters. The Balaban J connectivity index is 1.61. The largest absolute Gasteiger partial charge is 0.370 e. The highest BCUT2D eigenvalue weighted by Crippen LogP contribution is 2.28. The van der Waals surface area contributed by atoms with E-state index < -0.39 is 10.0 Å². The Morgan fingerprint density at radius 3 is 2.47 bits per heavy atom. The van der Waals surface area contributed by atoms with E-state index in [1.54, 1.807) is 18.3 Å². The van der Waals surface area contributed by atoms with E-state index in [-0.39, 0.29) is 4.90 Å². The van der Waals surface area contributed by atoms with Gasteiger partial charge in [0, 0.05) is 41.1 Å². The summed E-state index contributed by atoms with van der Waals surface area (Å²) in [5.41, 5.74) is 3.35. The second-order valence-electron chi connectivity index (χ2n) is 7.34. The summed E-state index contributed by atoms with van der Waals surface area (Å²) in [7, 11) is -3.74. The first-order valence-corrected chi connectivity index (χ1v) is 11.8. The van der Waals surface area contributed by atoms with Crippen LogP contribution in [0.1, 0.15) is 19.8 Å². The van der Waals surface area contributed by atoms with Crippen molar-refractivity contribution in [1.82, 2.24) is 15.0 Å². The van der Waals surface area contributed by atoms with Crippen LogP contribution in [0.3, 0.4) is 0 Å². The maximum absolute atomic E-state index is 11.4. The number of unbranched alkanes of at least 4 members (excludes halogenated alkanes) is 1.